The maximum Gasteiger partial charge on any atom is 0.137 e. The van der Waals surface area contributed by atoms with Gasteiger partial charge >= 0.3 is 0 Å². The maximum atomic E-state index is 7.10. The molecule has 0 amide bonds. The largest absolute Gasteiger partial charge is 0.456 e. The first-order chi connectivity index (χ1) is 30.8. The fourth-order valence-electron chi connectivity index (χ4n) is 14.7. The summed E-state index contributed by atoms with van der Waals surface area (Å²) in [7, 11) is 0. The second-order valence-electron chi connectivity index (χ2n) is 20.5. The minimum atomic E-state index is -0.0667. The minimum absolute atomic E-state index is 0.0667. The Morgan fingerprint density at radius 3 is 1.44 bits per heavy atom. The molecule has 0 saturated heterocycles. The predicted molar refractivity (Wildman–Crippen MR) is 262 cm³/mol. The third-order valence-electron chi connectivity index (χ3n) is 16.8. The minimum Gasteiger partial charge on any atom is -0.456 e. The Kier molecular flexibility index (Phi) is 6.60. The van der Waals surface area contributed by atoms with E-state index in [1.54, 1.807) is 11.1 Å². The van der Waals surface area contributed by atoms with Gasteiger partial charge in [-0.3, -0.25) is 0 Å². The first kappa shape index (κ1) is 34.9. The molecule has 3 aromatic heterocycles. The number of hydrogen-bond donors (Lipinski definition) is 0. The summed E-state index contributed by atoms with van der Waals surface area (Å²) < 4.78 is 12.1. The second-order valence-corrected chi connectivity index (χ2v) is 20.5. The molecule has 8 aromatic carbocycles. The number of furan rings is 1. The summed E-state index contributed by atoms with van der Waals surface area (Å²) in [5.41, 5.74) is 20.6. The zero-order chi connectivity index (χ0) is 41.6. The van der Waals surface area contributed by atoms with Crippen LogP contribution in [0.15, 0.2) is 138 Å². The van der Waals surface area contributed by atoms with E-state index in [0.717, 1.165) is 28.7 Å². The summed E-state index contributed by atoms with van der Waals surface area (Å²) in [5.74, 6) is 2.92. The lowest BCUT2D eigenvalue weighted by Crippen LogP contribution is -2.55. The van der Waals surface area contributed by atoms with Crippen LogP contribution < -0.4 is 0 Å². The van der Waals surface area contributed by atoms with Crippen LogP contribution >= 0.6 is 0 Å². The molecule has 4 bridgehead atoms. The molecule has 4 saturated carbocycles. The number of benzene rings is 8. The van der Waals surface area contributed by atoms with Crippen molar-refractivity contribution in [3.05, 3.63) is 167 Å². The molecule has 63 heavy (non-hydrogen) atoms. The molecule has 0 unspecified atom stereocenters. The second kappa shape index (κ2) is 11.9. The van der Waals surface area contributed by atoms with Gasteiger partial charge in [0.1, 0.15) is 11.2 Å². The van der Waals surface area contributed by atoms with Crippen LogP contribution in [-0.4, -0.2) is 9.13 Å². The van der Waals surface area contributed by atoms with E-state index in [1.165, 1.54) is 136 Å². The van der Waals surface area contributed by atoms with Gasteiger partial charge in [-0.25, -0.2) is 0 Å². The molecule has 0 aliphatic heterocycles. The Hall–Kier alpha value is -6.58. The van der Waals surface area contributed by atoms with E-state index >= 15 is 0 Å². The molecule has 0 N–H and O–H groups in total. The van der Waals surface area contributed by atoms with Crippen LogP contribution in [-0.2, 0) is 5.41 Å². The quantitative estimate of drug-likeness (QED) is 0.170. The molecular weight excluding hydrogens is 765 g/mol. The average Bonchev–Trinajstić information content (AvgIpc) is 3.99. The zero-order valence-corrected chi connectivity index (χ0v) is 36.3. The van der Waals surface area contributed by atoms with Gasteiger partial charge in [0.05, 0.1) is 22.1 Å². The van der Waals surface area contributed by atoms with Gasteiger partial charge in [-0.05, 0) is 195 Å². The van der Waals surface area contributed by atoms with Crippen LogP contribution in [0.25, 0.3) is 98.8 Å². The number of aryl methyl sites for hydroxylation is 4. The van der Waals surface area contributed by atoms with E-state index in [1.807, 2.05) is 0 Å². The molecule has 0 atom stereocenters. The molecule has 5 aliphatic rings. The number of hydrogen-bond acceptors (Lipinski definition) is 1. The molecule has 3 heteroatoms. The molecule has 11 aromatic rings. The van der Waals surface area contributed by atoms with Gasteiger partial charge in [0.25, 0.3) is 0 Å². The van der Waals surface area contributed by atoms with Crippen molar-refractivity contribution < 1.29 is 4.42 Å². The highest BCUT2D eigenvalue weighted by molar-refractivity contribution is 6.15. The van der Waals surface area contributed by atoms with Crippen molar-refractivity contribution in [2.75, 3.05) is 0 Å². The molecular formula is C60H48N2O. The SMILES string of the molecule is Cc1ccc2c(c1)c1cc(C)ccc1n2-c1ccc2c(c1)oc1ccc3c(c12)C1(c2c-3ccc3ccc(-n4c5ccc(C)cc5c5cc(C)ccc54)cc23)C2CC3CC(C2)CC1C3. The Bertz CT molecular complexity index is 3720. The standard InChI is InChI=1S/C60H48N2O/c1-32-5-16-51-47(21-32)48-22-33(2)6-17-52(48)61(51)41-11-9-38-10-13-43-44-15-20-55-57(59(44)60(58(43)46(38)30-41)39-26-36-25-37(28-39)29-40(60)27-36)45-14-12-42(31-56(45)63-55)62-53-18-7-34(3)23-49(53)50-24-35(4)8-19-54(50)62/h5-24,30-31,36-37,39-40H,25-29H2,1-4H3. The van der Waals surface area contributed by atoms with Gasteiger partial charge < -0.3 is 13.6 Å². The predicted octanol–water partition coefficient (Wildman–Crippen LogP) is 15.9. The molecule has 0 radical (unpaired) electrons. The number of fused-ring (bicyclic) bond motifs is 15. The van der Waals surface area contributed by atoms with Crippen molar-refractivity contribution in [3.63, 3.8) is 0 Å². The van der Waals surface area contributed by atoms with Gasteiger partial charge in [-0.15, -0.1) is 0 Å². The maximum absolute atomic E-state index is 7.10. The van der Waals surface area contributed by atoms with Crippen LogP contribution in [0.2, 0.25) is 0 Å². The lowest BCUT2D eigenvalue weighted by molar-refractivity contribution is -0.0387. The van der Waals surface area contributed by atoms with Crippen LogP contribution in [0.4, 0.5) is 0 Å². The first-order valence-electron chi connectivity index (χ1n) is 23.4. The Labute approximate surface area is 366 Å². The van der Waals surface area contributed by atoms with E-state index in [9.17, 15) is 0 Å². The Morgan fingerprint density at radius 1 is 0.413 bits per heavy atom. The van der Waals surface area contributed by atoms with Crippen LogP contribution in [0.5, 0.6) is 0 Å². The highest BCUT2D eigenvalue weighted by atomic mass is 16.3. The van der Waals surface area contributed by atoms with Gasteiger partial charge in [0, 0.05) is 55.2 Å². The van der Waals surface area contributed by atoms with Crippen molar-refractivity contribution in [2.45, 2.75) is 65.2 Å². The summed E-state index contributed by atoms with van der Waals surface area (Å²) in [4.78, 5) is 0. The molecule has 5 aliphatic carbocycles. The lowest BCUT2D eigenvalue weighted by atomic mass is 9.42. The van der Waals surface area contributed by atoms with Crippen molar-refractivity contribution >= 4 is 76.3 Å². The Balaban J connectivity index is 0.993. The van der Waals surface area contributed by atoms with E-state index in [0.29, 0.717) is 11.8 Å². The van der Waals surface area contributed by atoms with Gasteiger partial charge in [-0.2, -0.15) is 0 Å². The lowest BCUT2D eigenvalue weighted by Gasteiger charge is -2.61. The molecule has 4 fully saturated rings. The third kappa shape index (κ3) is 4.41. The van der Waals surface area contributed by atoms with Crippen LogP contribution in [0, 0.1) is 51.4 Å². The van der Waals surface area contributed by atoms with Crippen molar-refractivity contribution in [1.29, 1.82) is 0 Å². The van der Waals surface area contributed by atoms with Crippen molar-refractivity contribution in [3.8, 4) is 22.5 Å². The summed E-state index contributed by atoms with van der Waals surface area (Å²) in [6, 6.07) is 51.8. The summed E-state index contributed by atoms with van der Waals surface area (Å²) in [5, 5.41) is 10.6. The number of rotatable bonds is 2. The van der Waals surface area contributed by atoms with E-state index in [2.05, 4.69) is 170 Å². The topological polar surface area (TPSA) is 23.0 Å². The molecule has 3 heterocycles. The average molecular weight is 813 g/mol. The molecule has 304 valence electrons. The molecule has 1 spiro atoms. The van der Waals surface area contributed by atoms with Gasteiger partial charge in [-0.1, -0.05) is 70.8 Å². The van der Waals surface area contributed by atoms with Gasteiger partial charge in [0.15, 0.2) is 0 Å². The molecule has 3 nitrogen and oxygen atoms in total. The highest BCUT2D eigenvalue weighted by Gasteiger charge is 2.62. The molecule has 16 rings (SSSR count). The normalized spacial score (nSPS) is 22.3. The van der Waals surface area contributed by atoms with Crippen LogP contribution in [0.3, 0.4) is 0 Å². The van der Waals surface area contributed by atoms with Crippen LogP contribution in [0.1, 0.15) is 65.5 Å². The summed E-state index contributed by atoms with van der Waals surface area (Å²) in [6.07, 6.45) is 6.75. The number of aromatic nitrogens is 2. The Morgan fingerprint density at radius 2 is 0.889 bits per heavy atom. The summed E-state index contributed by atoms with van der Waals surface area (Å²) >= 11 is 0. The highest BCUT2D eigenvalue weighted by Crippen LogP contribution is 2.71. The summed E-state index contributed by atoms with van der Waals surface area (Å²) in [6.45, 7) is 8.82. The van der Waals surface area contributed by atoms with Crippen molar-refractivity contribution in [2.24, 2.45) is 23.7 Å². The first-order valence-corrected chi connectivity index (χ1v) is 23.4. The third-order valence-corrected chi connectivity index (χ3v) is 16.8. The van der Waals surface area contributed by atoms with Crippen molar-refractivity contribution in [1.82, 2.24) is 9.13 Å². The monoisotopic (exact) mass is 812 g/mol. The zero-order valence-electron chi connectivity index (χ0n) is 36.3. The van der Waals surface area contributed by atoms with Gasteiger partial charge in [0.2, 0.25) is 0 Å². The fraction of sp³-hybridized carbons (Fsp3) is 0.233. The smallest absolute Gasteiger partial charge is 0.137 e. The van der Waals surface area contributed by atoms with E-state index < -0.39 is 0 Å². The number of nitrogens with zero attached hydrogens (tertiary/aromatic N) is 2. The fourth-order valence-corrected chi connectivity index (χ4v) is 14.7. The van der Waals surface area contributed by atoms with E-state index in [-0.39, 0.29) is 5.41 Å². The van der Waals surface area contributed by atoms with E-state index in [4.69, 9.17) is 4.42 Å².